The molecule has 0 saturated heterocycles. The Morgan fingerprint density at radius 3 is 2.57 bits per heavy atom. The molecule has 0 aliphatic rings. The van der Waals surface area contributed by atoms with Gasteiger partial charge in [-0.2, -0.15) is 0 Å². The average Bonchev–Trinajstić information content (AvgIpc) is 2.43. The molecule has 0 saturated carbocycles. The van der Waals surface area contributed by atoms with E-state index in [-0.39, 0.29) is 22.7 Å². The minimum Gasteiger partial charge on any atom is -0.464 e. The lowest BCUT2D eigenvalue weighted by Crippen LogP contribution is -2.44. The van der Waals surface area contributed by atoms with E-state index in [4.69, 9.17) is 0 Å². The van der Waals surface area contributed by atoms with Crippen molar-refractivity contribution >= 4 is 17.5 Å². The molecule has 0 amide bonds. The summed E-state index contributed by atoms with van der Waals surface area (Å²) in [6.45, 7) is 4.39. The SMILES string of the molecule is COC(=O)c1ccc([N+](=O)[O-])c(NCC(C)(C)N(C)C)n1. The molecule has 8 nitrogen and oxygen atoms in total. The molecule has 21 heavy (non-hydrogen) atoms. The highest BCUT2D eigenvalue weighted by atomic mass is 16.6. The Kier molecular flexibility index (Phi) is 5.20. The van der Waals surface area contributed by atoms with Gasteiger partial charge in [0.05, 0.1) is 12.0 Å². The fourth-order valence-electron chi connectivity index (χ4n) is 1.41. The van der Waals surface area contributed by atoms with E-state index < -0.39 is 10.9 Å². The Balaban J connectivity index is 3.07. The standard InChI is InChI=1S/C13H20N4O4/c1-13(2,16(3)4)8-14-11-10(17(19)20)7-6-9(15-11)12(18)21-5/h6-7H,8H2,1-5H3,(H,14,15). The van der Waals surface area contributed by atoms with Gasteiger partial charge < -0.3 is 15.0 Å². The van der Waals surface area contributed by atoms with Gasteiger partial charge in [-0.25, -0.2) is 9.78 Å². The van der Waals surface area contributed by atoms with Gasteiger partial charge in [0.15, 0.2) is 5.69 Å². The fourth-order valence-corrected chi connectivity index (χ4v) is 1.41. The molecule has 1 N–H and O–H groups in total. The third-order valence-electron chi connectivity index (χ3n) is 3.36. The molecule has 0 fully saturated rings. The molecule has 0 aromatic carbocycles. The van der Waals surface area contributed by atoms with Gasteiger partial charge in [-0.05, 0) is 34.0 Å². The van der Waals surface area contributed by atoms with Crippen LogP contribution in [0.1, 0.15) is 24.3 Å². The van der Waals surface area contributed by atoms with Crippen molar-refractivity contribution in [2.45, 2.75) is 19.4 Å². The molecule has 116 valence electrons. The van der Waals surface area contributed by atoms with Crippen LogP contribution in [-0.2, 0) is 4.74 Å². The first-order valence-corrected chi connectivity index (χ1v) is 6.34. The molecule has 0 aliphatic carbocycles. The lowest BCUT2D eigenvalue weighted by molar-refractivity contribution is -0.384. The molecule has 0 atom stereocenters. The highest BCUT2D eigenvalue weighted by Gasteiger charge is 2.24. The number of anilines is 1. The minimum atomic E-state index is -0.639. The van der Waals surface area contributed by atoms with E-state index in [0.29, 0.717) is 6.54 Å². The largest absolute Gasteiger partial charge is 0.464 e. The second kappa shape index (κ2) is 6.49. The van der Waals surface area contributed by atoms with E-state index in [1.54, 1.807) is 0 Å². The molecule has 1 aromatic heterocycles. The smallest absolute Gasteiger partial charge is 0.356 e. The minimum absolute atomic E-state index is 0.0215. The number of rotatable bonds is 6. The number of nitrogens with one attached hydrogen (secondary N) is 1. The van der Waals surface area contributed by atoms with Crippen molar-refractivity contribution in [1.29, 1.82) is 0 Å². The van der Waals surface area contributed by atoms with E-state index in [1.807, 2.05) is 32.8 Å². The molecule has 8 heteroatoms. The van der Waals surface area contributed by atoms with Crippen molar-refractivity contribution in [3.05, 3.63) is 27.9 Å². The molecule has 1 aromatic rings. The van der Waals surface area contributed by atoms with Crippen molar-refractivity contribution < 1.29 is 14.5 Å². The second-order valence-corrected chi connectivity index (χ2v) is 5.37. The third kappa shape index (κ3) is 4.12. The van der Waals surface area contributed by atoms with Crippen molar-refractivity contribution in [2.24, 2.45) is 0 Å². The van der Waals surface area contributed by atoms with Crippen molar-refractivity contribution in [3.63, 3.8) is 0 Å². The van der Waals surface area contributed by atoms with E-state index in [2.05, 4.69) is 15.0 Å². The van der Waals surface area contributed by atoms with Gasteiger partial charge in [0.25, 0.3) is 0 Å². The summed E-state index contributed by atoms with van der Waals surface area (Å²) in [5.41, 5.74) is -0.401. The molecular weight excluding hydrogens is 276 g/mol. The van der Waals surface area contributed by atoms with Crippen LogP contribution in [0.4, 0.5) is 11.5 Å². The molecule has 1 heterocycles. The number of aromatic nitrogens is 1. The van der Waals surface area contributed by atoms with E-state index >= 15 is 0 Å². The van der Waals surface area contributed by atoms with Crippen LogP contribution in [0, 0.1) is 10.1 Å². The second-order valence-electron chi connectivity index (χ2n) is 5.37. The van der Waals surface area contributed by atoms with Gasteiger partial charge >= 0.3 is 11.7 Å². The first kappa shape index (κ1) is 16.8. The quantitative estimate of drug-likeness (QED) is 0.483. The van der Waals surface area contributed by atoms with E-state index in [1.165, 1.54) is 19.2 Å². The van der Waals surface area contributed by atoms with Crippen molar-refractivity contribution in [3.8, 4) is 0 Å². The first-order valence-electron chi connectivity index (χ1n) is 6.34. The molecule has 0 spiro atoms. The summed E-state index contributed by atoms with van der Waals surface area (Å²) in [6, 6.07) is 2.51. The Morgan fingerprint density at radius 1 is 1.48 bits per heavy atom. The number of methoxy groups -OCH3 is 1. The van der Waals surface area contributed by atoms with Crippen LogP contribution in [0.15, 0.2) is 12.1 Å². The summed E-state index contributed by atoms with van der Waals surface area (Å²) in [6.07, 6.45) is 0. The number of carbonyl (C=O) groups is 1. The number of hydrogen-bond donors (Lipinski definition) is 1. The Hall–Kier alpha value is -2.22. The Morgan fingerprint density at radius 2 is 2.10 bits per heavy atom. The Labute approximate surface area is 123 Å². The number of ether oxygens (including phenoxy) is 1. The maximum Gasteiger partial charge on any atom is 0.356 e. The number of nitrogens with zero attached hydrogens (tertiary/aromatic N) is 3. The van der Waals surface area contributed by atoms with Gasteiger partial charge in [0, 0.05) is 18.2 Å². The summed E-state index contributed by atoms with van der Waals surface area (Å²) >= 11 is 0. The van der Waals surface area contributed by atoms with Crippen LogP contribution in [-0.4, -0.2) is 54.1 Å². The van der Waals surface area contributed by atoms with Gasteiger partial charge in [0.1, 0.15) is 0 Å². The number of nitro groups is 1. The zero-order valence-corrected chi connectivity index (χ0v) is 12.8. The molecular formula is C13H20N4O4. The Bertz CT molecular complexity index is 543. The van der Waals surface area contributed by atoms with E-state index in [0.717, 1.165) is 0 Å². The lowest BCUT2D eigenvalue weighted by Gasteiger charge is -2.32. The zero-order chi connectivity index (χ0) is 16.2. The number of hydrogen-bond acceptors (Lipinski definition) is 7. The summed E-state index contributed by atoms with van der Waals surface area (Å²) in [7, 11) is 5.05. The average molecular weight is 296 g/mol. The van der Waals surface area contributed by atoms with Crippen LogP contribution in [0.25, 0.3) is 0 Å². The summed E-state index contributed by atoms with van der Waals surface area (Å²) in [4.78, 5) is 27.9. The van der Waals surface area contributed by atoms with Crippen LogP contribution in [0.5, 0.6) is 0 Å². The molecule has 0 unspecified atom stereocenters. The predicted molar refractivity (Wildman–Crippen MR) is 78.5 cm³/mol. The highest BCUT2D eigenvalue weighted by molar-refractivity contribution is 5.88. The predicted octanol–water partition coefficient (Wildman–Crippen LogP) is 1.53. The van der Waals surface area contributed by atoms with Gasteiger partial charge in [0.2, 0.25) is 5.82 Å². The normalized spacial score (nSPS) is 11.3. The summed E-state index contributed by atoms with van der Waals surface area (Å²) in [5.74, 6) is -0.586. The van der Waals surface area contributed by atoms with E-state index in [9.17, 15) is 14.9 Å². The number of likely N-dealkylation sites (N-methyl/N-ethyl adjacent to an activating group) is 1. The van der Waals surface area contributed by atoms with Gasteiger partial charge in [-0.1, -0.05) is 0 Å². The van der Waals surface area contributed by atoms with Crippen LogP contribution in [0.3, 0.4) is 0 Å². The summed E-state index contributed by atoms with van der Waals surface area (Å²) in [5, 5.41) is 14.0. The molecule has 0 aliphatic heterocycles. The fraction of sp³-hybridized carbons (Fsp3) is 0.538. The topological polar surface area (TPSA) is 97.6 Å². The molecule has 1 rings (SSSR count). The monoisotopic (exact) mass is 296 g/mol. The summed E-state index contributed by atoms with van der Waals surface area (Å²) < 4.78 is 4.57. The zero-order valence-electron chi connectivity index (χ0n) is 12.8. The maximum atomic E-state index is 11.5. The van der Waals surface area contributed by atoms with Gasteiger partial charge in [-0.15, -0.1) is 0 Å². The number of carbonyl (C=O) groups excluding carboxylic acids is 1. The molecule has 0 bridgehead atoms. The van der Waals surface area contributed by atoms with Crippen molar-refractivity contribution in [2.75, 3.05) is 33.1 Å². The van der Waals surface area contributed by atoms with Gasteiger partial charge in [-0.3, -0.25) is 10.1 Å². The van der Waals surface area contributed by atoms with Crippen LogP contribution < -0.4 is 5.32 Å². The number of pyridine rings is 1. The first-order chi connectivity index (χ1) is 9.69. The third-order valence-corrected chi connectivity index (χ3v) is 3.36. The number of esters is 1. The van der Waals surface area contributed by atoms with Crippen molar-refractivity contribution in [1.82, 2.24) is 9.88 Å². The maximum absolute atomic E-state index is 11.5. The highest BCUT2D eigenvalue weighted by Crippen LogP contribution is 2.23. The molecule has 0 radical (unpaired) electrons. The van der Waals surface area contributed by atoms with Crippen LogP contribution >= 0.6 is 0 Å². The van der Waals surface area contributed by atoms with Crippen LogP contribution in [0.2, 0.25) is 0 Å². The lowest BCUT2D eigenvalue weighted by atomic mass is 10.0.